The van der Waals surface area contributed by atoms with Gasteiger partial charge in [0.15, 0.2) is 0 Å². The summed E-state index contributed by atoms with van der Waals surface area (Å²) >= 11 is 11.9. The van der Waals surface area contributed by atoms with E-state index in [0.29, 0.717) is 21.4 Å². The highest BCUT2D eigenvalue weighted by Gasteiger charge is 2.22. The van der Waals surface area contributed by atoms with Gasteiger partial charge in [-0.05, 0) is 19.9 Å². The lowest BCUT2D eigenvalue weighted by Crippen LogP contribution is -2.16. The number of hydrogen-bond donors (Lipinski definition) is 1. The van der Waals surface area contributed by atoms with E-state index in [0.717, 1.165) is 0 Å². The third-order valence-electron chi connectivity index (χ3n) is 1.93. The van der Waals surface area contributed by atoms with Crippen LogP contribution in [-0.4, -0.2) is 12.2 Å². The third kappa shape index (κ3) is 2.14. The minimum absolute atomic E-state index is 0.328. The van der Waals surface area contributed by atoms with Crippen molar-refractivity contribution in [3.63, 3.8) is 0 Å². The van der Waals surface area contributed by atoms with E-state index >= 15 is 0 Å². The average molecular weight is 235 g/mol. The van der Waals surface area contributed by atoms with E-state index in [1.165, 1.54) is 7.11 Å². The lowest BCUT2D eigenvalue weighted by Gasteiger charge is -2.20. The predicted molar refractivity (Wildman–Crippen MR) is 58.3 cm³/mol. The van der Waals surface area contributed by atoms with E-state index in [1.54, 1.807) is 26.0 Å². The van der Waals surface area contributed by atoms with Gasteiger partial charge in [0, 0.05) is 5.56 Å². The van der Waals surface area contributed by atoms with Crippen LogP contribution in [0.4, 0.5) is 0 Å². The van der Waals surface area contributed by atoms with Crippen LogP contribution in [0.1, 0.15) is 19.4 Å². The van der Waals surface area contributed by atoms with Crippen LogP contribution in [0.2, 0.25) is 10.0 Å². The van der Waals surface area contributed by atoms with Crippen LogP contribution in [0.25, 0.3) is 0 Å². The van der Waals surface area contributed by atoms with Gasteiger partial charge < -0.3 is 9.84 Å². The summed E-state index contributed by atoms with van der Waals surface area (Å²) in [6.45, 7) is 3.30. The van der Waals surface area contributed by atoms with E-state index in [4.69, 9.17) is 27.9 Å². The van der Waals surface area contributed by atoms with Gasteiger partial charge in [0.1, 0.15) is 10.8 Å². The SMILES string of the molecule is COc1ccc(C(C)(C)O)c(Cl)c1Cl. The summed E-state index contributed by atoms with van der Waals surface area (Å²) in [5.74, 6) is 0.504. The van der Waals surface area contributed by atoms with Crippen molar-refractivity contribution in [1.82, 2.24) is 0 Å². The molecule has 0 bridgehead atoms. The molecule has 1 rings (SSSR count). The average Bonchev–Trinajstić information content (AvgIpc) is 2.07. The second-order valence-corrected chi connectivity index (χ2v) is 4.26. The van der Waals surface area contributed by atoms with Gasteiger partial charge in [-0.3, -0.25) is 0 Å². The molecule has 1 N–H and O–H groups in total. The van der Waals surface area contributed by atoms with E-state index in [9.17, 15) is 5.11 Å². The molecule has 0 aliphatic heterocycles. The first-order chi connectivity index (χ1) is 6.38. The van der Waals surface area contributed by atoms with Crippen LogP contribution in [0, 0.1) is 0 Å². The molecule has 0 atom stereocenters. The molecule has 4 heteroatoms. The molecule has 0 aliphatic rings. The molecule has 78 valence electrons. The molecule has 0 unspecified atom stereocenters. The van der Waals surface area contributed by atoms with E-state index in [1.807, 2.05) is 0 Å². The Morgan fingerprint density at radius 3 is 2.21 bits per heavy atom. The Morgan fingerprint density at radius 1 is 1.21 bits per heavy atom. The Morgan fingerprint density at radius 2 is 1.79 bits per heavy atom. The molecular formula is C10H12Cl2O2. The quantitative estimate of drug-likeness (QED) is 0.852. The van der Waals surface area contributed by atoms with Gasteiger partial charge in [0.05, 0.1) is 17.7 Å². The zero-order valence-corrected chi connectivity index (χ0v) is 9.78. The molecule has 0 heterocycles. The maximum atomic E-state index is 9.77. The van der Waals surface area contributed by atoms with Crippen LogP contribution in [0.3, 0.4) is 0 Å². The van der Waals surface area contributed by atoms with Crippen LogP contribution >= 0.6 is 23.2 Å². The van der Waals surface area contributed by atoms with Crippen molar-refractivity contribution in [3.8, 4) is 5.75 Å². The zero-order valence-electron chi connectivity index (χ0n) is 8.27. The fraction of sp³-hybridized carbons (Fsp3) is 0.400. The topological polar surface area (TPSA) is 29.5 Å². The molecule has 0 saturated carbocycles. The standard InChI is InChI=1S/C10H12Cl2O2/c1-10(2,13)6-4-5-7(14-3)9(12)8(6)11/h4-5,13H,1-3H3. The molecule has 1 aromatic carbocycles. The largest absolute Gasteiger partial charge is 0.495 e. The number of halogens is 2. The van der Waals surface area contributed by atoms with Crippen molar-refractivity contribution < 1.29 is 9.84 Å². The number of hydrogen-bond acceptors (Lipinski definition) is 2. The van der Waals surface area contributed by atoms with Gasteiger partial charge in [0.2, 0.25) is 0 Å². The highest BCUT2D eigenvalue weighted by atomic mass is 35.5. The van der Waals surface area contributed by atoms with Crippen molar-refractivity contribution in [2.45, 2.75) is 19.4 Å². The Labute approximate surface area is 93.4 Å². The summed E-state index contributed by atoms with van der Waals surface area (Å²) < 4.78 is 5.00. The van der Waals surface area contributed by atoms with Crippen LogP contribution in [0.5, 0.6) is 5.75 Å². The number of aliphatic hydroxyl groups is 1. The van der Waals surface area contributed by atoms with Crippen molar-refractivity contribution in [1.29, 1.82) is 0 Å². The first-order valence-corrected chi connectivity index (χ1v) is 4.88. The van der Waals surface area contributed by atoms with Crippen LogP contribution < -0.4 is 4.74 Å². The summed E-state index contributed by atoms with van der Waals surface area (Å²) in [6, 6.07) is 3.38. The predicted octanol–water partition coefficient (Wildman–Crippen LogP) is 3.23. The first kappa shape index (κ1) is 11.6. The Balaban J connectivity index is 3.31. The van der Waals surface area contributed by atoms with Crippen molar-refractivity contribution in [3.05, 3.63) is 27.7 Å². The minimum atomic E-state index is -1.01. The lowest BCUT2D eigenvalue weighted by molar-refractivity contribution is 0.0787. The van der Waals surface area contributed by atoms with Crippen LogP contribution in [-0.2, 0) is 5.60 Å². The molecule has 0 aromatic heterocycles. The fourth-order valence-electron chi connectivity index (χ4n) is 1.16. The molecule has 0 saturated heterocycles. The van der Waals surface area contributed by atoms with E-state index < -0.39 is 5.60 Å². The van der Waals surface area contributed by atoms with Gasteiger partial charge >= 0.3 is 0 Å². The van der Waals surface area contributed by atoms with Crippen LogP contribution in [0.15, 0.2) is 12.1 Å². The smallest absolute Gasteiger partial charge is 0.139 e. The monoisotopic (exact) mass is 234 g/mol. The molecule has 0 radical (unpaired) electrons. The van der Waals surface area contributed by atoms with E-state index in [2.05, 4.69) is 0 Å². The van der Waals surface area contributed by atoms with Gasteiger partial charge in [-0.15, -0.1) is 0 Å². The first-order valence-electron chi connectivity index (χ1n) is 4.12. The molecule has 2 nitrogen and oxygen atoms in total. The minimum Gasteiger partial charge on any atom is -0.495 e. The fourth-order valence-corrected chi connectivity index (χ4v) is 1.79. The number of benzene rings is 1. The molecule has 1 aromatic rings. The molecule has 0 spiro atoms. The van der Waals surface area contributed by atoms with Gasteiger partial charge in [-0.2, -0.15) is 0 Å². The maximum absolute atomic E-state index is 9.77. The Bertz CT molecular complexity index is 343. The summed E-state index contributed by atoms with van der Waals surface area (Å²) in [4.78, 5) is 0. The van der Waals surface area contributed by atoms with Crippen molar-refractivity contribution in [2.24, 2.45) is 0 Å². The van der Waals surface area contributed by atoms with Gasteiger partial charge in [-0.25, -0.2) is 0 Å². The third-order valence-corrected chi connectivity index (χ3v) is 2.79. The molecule has 0 aliphatic carbocycles. The maximum Gasteiger partial charge on any atom is 0.139 e. The zero-order chi connectivity index (χ0) is 10.9. The Kier molecular flexibility index (Phi) is 3.30. The number of methoxy groups -OCH3 is 1. The van der Waals surface area contributed by atoms with Gasteiger partial charge in [0.25, 0.3) is 0 Å². The van der Waals surface area contributed by atoms with E-state index in [-0.39, 0.29) is 0 Å². The van der Waals surface area contributed by atoms with Gasteiger partial charge in [-0.1, -0.05) is 29.3 Å². The molecular weight excluding hydrogens is 223 g/mol. The highest BCUT2D eigenvalue weighted by molar-refractivity contribution is 6.43. The van der Waals surface area contributed by atoms with Crippen molar-refractivity contribution in [2.75, 3.05) is 7.11 Å². The Hall–Kier alpha value is -0.440. The number of rotatable bonds is 2. The molecule has 0 amide bonds. The summed E-state index contributed by atoms with van der Waals surface area (Å²) in [5.41, 5.74) is -0.419. The summed E-state index contributed by atoms with van der Waals surface area (Å²) in [6.07, 6.45) is 0. The second-order valence-electron chi connectivity index (χ2n) is 3.50. The lowest BCUT2D eigenvalue weighted by atomic mass is 9.98. The second kappa shape index (κ2) is 3.97. The summed E-state index contributed by atoms with van der Waals surface area (Å²) in [5, 5.41) is 10.4. The highest BCUT2D eigenvalue weighted by Crippen LogP contribution is 2.38. The van der Waals surface area contributed by atoms with Crippen molar-refractivity contribution >= 4 is 23.2 Å². The number of ether oxygens (including phenoxy) is 1. The molecule has 14 heavy (non-hydrogen) atoms. The summed E-state index contributed by atoms with van der Waals surface area (Å²) in [7, 11) is 1.52. The molecule has 0 fully saturated rings. The normalized spacial score (nSPS) is 11.6.